The van der Waals surface area contributed by atoms with Crippen molar-refractivity contribution < 1.29 is 0 Å². The summed E-state index contributed by atoms with van der Waals surface area (Å²) >= 11 is 0. The van der Waals surface area contributed by atoms with Crippen LogP contribution in [0.5, 0.6) is 0 Å². The van der Waals surface area contributed by atoms with Crippen LogP contribution in [0.2, 0.25) is 0 Å². The van der Waals surface area contributed by atoms with Gasteiger partial charge in [-0.25, -0.2) is 0 Å². The highest BCUT2D eigenvalue weighted by molar-refractivity contribution is 5.71. The highest BCUT2D eigenvalue weighted by Crippen LogP contribution is 2.28. The Balaban J connectivity index is 2.63. The molecule has 78 valence electrons. The van der Waals surface area contributed by atoms with Gasteiger partial charge in [-0.2, -0.15) is 5.10 Å². The Morgan fingerprint density at radius 3 is 2.53 bits per heavy atom. The van der Waals surface area contributed by atoms with Crippen molar-refractivity contribution in [2.45, 2.75) is 27.2 Å². The smallest absolute Gasteiger partial charge is 0.0672 e. The molecular weight excluding hydrogens is 184 g/mol. The molecule has 0 aliphatic heterocycles. The number of nitrogens with zero attached hydrogens (tertiary/aromatic N) is 1. The first-order valence-electron chi connectivity index (χ1n) is 5.34. The van der Waals surface area contributed by atoms with Gasteiger partial charge in [0.2, 0.25) is 0 Å². The van der Waals surface area contributed by atoms with E-state index in [1.54, 1.807) is 0 Å². The molecule has 2 rings (SSSR count). The summed E-state index contributed by atoms with van der Waals surface area (Å²) in [5.74, 6) is 0. The number of nitrogens with one attached hydrogen (secondary N) is 1. The van der Waals surface area contributed by atoms with Crippen molar-refractivity contribution in [3.05, 3.63) is 41.2 Å². The molecular formula is C13H16N2. The van der Waals surface area contributed by atoms with Crippen LogP contribution >= 0.6 is 0 Å². The van der Waals surface area contributed by atoms with E-state index in [2.05, 4.69) is 48.3 Å². The zero-order valence-corrected chi connectivity index (χ0v) is 9.46. The van der Waals surface area contributed by atoms with E-state index in [9.17, 15) is 0 Å². The van der Waals surface area contributed by atoms with Crippen LogP contribution < -0.4 is 0 Å². The van der Waals surface area contributed by atoms with E-state index in [4.69, 9.17) is 0 Å². The number of aromatic amines is 1. The molecule has 0 atom stereocenters. The first-order valence-corrected chi connectivity index (χ1v) is 5.34. The van der Waals surface area contributed by atoms with Gasteiger partial charge in [0.15, 0.2) is 0 Å². The Morgan fingerprint density at radius 1 is 1.20 bits per heavy atom. The van der Waals surface area contributed by atoms with Crippen molar-refractivity contribution in [1.29, 1.82) is 0 Å². The molecule has 1 heterocycles. The average Bonchev–Trinajstić information content (AvgIpc) is 2.59. The number of benzene rings is 1. The van der Waals surface area contributed by atoms with E-state index < -0.39 is 0 Å². The third-order valence-electron chi connectivity index (χ3n) is 2.80. The lowest BCUT2D eigenvalue weighted by Crippen LogP contribution is -1.89. The summed E-state index contributed by atoms with van der Waals surface area (Å²) in [4.78, 5) is 0. The molecule has 0 bridgehead atoms. The number of hydrogen-bond donors (Lipinski definition) is 1. The molecule has 2 heteroatoms. The number of H-pyrrole nitrogens is 1. The van der Waals surface area contributed by atoms with Gasteiger partial charge in [0, 0.05) is 11.3 Å². The number of hydrogen-bond acceptors (Lipinski definition) is 1. The minimum absolute atomic E-state index is 1.06. The summed E-state index contributed by atoms with van der Waals surface area (Å²) < 4.78 is 0. The molecule has 15 heavy (non-hydrogen) atoms. The SMILES string of the molecule is CCc1ccccc1-c1c(C)n[nH]c1C. The molecule has 2 nitrogen and oxygen atoms in total. The summed E-state index contributed by atoms with van der Waals surface area (Å²) in [6, 6.07) is 8.53. The fourth-order valence-electron chi connectivity index (χ4n) is 2.02. The molecule has 0 amide bonds. The van der Waals surface area contributed by atoms with Gasteiger partial charge in [-0.15, -0.1) is 0 Å². The monoisotopic (exact) mass is 200 g/mol. The predicted molar refractivity (Wildman–Crippen MR) is 62.9 cm³/mol. The van der Waals surface area contributed by atoms with E-state index in [1.165, 1.54) is 16.7 Å². The second-order valence-electron chi connectivity index (χ2n) is 3.82. The summed E-state index contributed by atoms with van der Waals surface area (Å²) in [6.07, 6.45) is 1.06. The Bertz CT molecular complexity index is 450. The zero-order valence-electron chi connectivity index (χ0n) is 9.46. The quantitative estimate of drug-likeness (QED) is 0.792. The van der Waals surface area contributed by atoms with E-state index in [1.807, 2.05) is 6.92 Å². The van der Waals surface area contributed by atoms with Crippen molar-refractivity contribution in [2.75, 3.05) is 0 Å². The number of aromatic nitrogens is 2. The van der Waals surface area contributed by atoms with Crippen molar-refractivity contribution in [1.82, 2.24) is 10.2 Å². The molecule has 0 aliphatic rings. The Kier molecular flexibility index (Phi) is 2.58. The molecule has 0 saturated carbocycles. The molecule has 2 aromatic rings. The third kappa shape index (κ3) is 1.67. The van der Waals surface area contributed by atoms with E-state index in [0.717, 1.165) is 17.8 Å². The number of rotatable bonds is 2. The largest absolute Gasteiger partial charge is 0.282 e. The minimum atomic E-state index is 1.06. The average molecular weight is 200 g/mol. The van der Waals surface area contributed by atoms with Crippen LogP contribution in [0.3, 0.4) is 0 Å². The molecule has 0 aliphatic carbocycles. The van der Waals surface area contributed by atoms with E-state index >= 15 is 0 Å². The highest BCUT2D eigenvalue weighted by atomic mass is 15.1. The zero-order chi connectivity index (χ0) is 10.8. The molecule has 0 spiro atoms. The standard InChI is InChI=1S/C13H16N2/c1-4-11-7-5-6-8-12(11)13-9(2)14-15-10(13)3/h5-8H,4H2,1-3H3,(H,14,15). The van der Waals surface area contributed by atoms with Crippen molar-refractivity contribution in [3.63, 3.8) is 0 Å². The van der Waals surface area contributed by atoms with Crippen LogP contribution in [-0.4, -0.2) is 10.2 Å². The molecule has 1 aromatic heterocycles. The first kappa shape index (κ1) is 9.97. The molecule has 0 radical (unpaired) electrons. The maximum absolute atomic E-state index is 4.24. The van der Waals surface area contributed by atoms with Gasteiger partial charge >= 0.3 is 0 Å². The van der Waals surface area contributed by atoms with Crippen molar-refractivity contribution in [2.24, 2.45) is 0 Å². The molecule has 1 N–H and O–H groups in total. The van der Waals surface area contributed by atoms with Crippen molar-refractivity contribution in [3.8, 4) is 11.1 Å². The Labute approximate surface area is 90.3 Å². The third-order valence-corrected chi connectivity index (χ3v) is 2.80. The first-order chi connectivity index (χ1) is 7.24. The van der Waals surface area contributed by atoms with Crippen LogP contribution in [0.25, 0.3) is 11.1 Å². The van der Waals surface area contributed by atoms with Gasteiger partial charge < -0.3 is 0 Å². The lowest BCUT2D eigenvalue weighted by Gasteiger charge is -2.07. The topological polar surface area (TPSA) is 28.7 Å². The Hall–Kier alpha value is -1.57. The van der Waals surface area contributed by atoms with Gasteiger partial charge in [-0.1, -0.05) is 31.2 Å². The van der Waals surface area contributed by atoms with Gasteiger partial charge in [-0.3, -0.25) is 5.10 Å². The van der Waals surface area contributed by atoms with Gasteiger partial charge in [0.1, 0.15) is 0 Å². The summed E-state index contributed by atoms with van der Waals surface area (Å²) in [5, 5.41) is 7.28. The highest BCUT2D eigenvalue weighted by Gasteiger charge is 2.11. The fraction of sp³-hybridized carbons (Fsp3) is 0.308. The van der Waals surface area contributed by atoms with Gasteiger partial charge in [-0.05, 0) is 31.4 Å². The normalized spacial score (nSPS) is 10.6. The Morgan fingerprint density at radius 2 is 1.93 bits per heavy atom. The summed E-state index contributed by atoms with van der Waals surface area (Å²) in [6.45, 7) is 6.30. The maximum atomic E-state index is 4.24. The molecule has 0 fully saturated rings. The second kappa shape index (κ2) is 3.89. The van der Waals surface area contributed by atoms with E-state index in [-0.39, 0.29) is 0 Å². The number of aryl methyl sites for hydroxylation is 3. The van der Waals surface area contributed by atoms with Crippen LogP contribution in [0.15, 0.2) is 24.3 Å². The maximum Gasteiger partial charge on any atom is 0.0672 e. The molecule has 0 saturated heterocycles. The second-order valence-corrected chi connectivity index (χ2v) is 3.82. The lowest BCUT2D eigenvalue weighted by atomic mass is 9.97. The molecule has 1 aromatic carbocycles. The predicted octanol–water partition coefficient (Wildman–Crippen LogP) is 3.26. The fourth-order valence-corrected chi connectivity index (χ4v) is 2.02. The lowest BCUT2D eigenvalue weighted by molar-refractivity contribution is 1.02. The molecule has 0 unspecified atom stereocenters. The summed E-state index contributed by atoms with van der Waals surface area (Å²) in [5.41, 5.74) is 6.17. The summed E-state index contributed by atoms with van der Waals surface area (Å²) in [7, 11) is 0. The van der Waals surface area contributed by atoms with Gasteiger partial charge in [0.05, 0.1) is 5.69 Å². The van der Waals surface area contributed by atoms with Crippen LogP contribution in [-0.2, 0) is 6.42 Å². The van der Waals surface area contributed by atoms with Gasteiger partial charge in [0.25, 0.3) is 0 Å². The van der Waals surface area contributed by atoms with Crippen molar-refractivity contribution >= 4 is 0 Å². The van der Waals surface area contributed by atoms with Crippen LogP contribution in [0.4, 0.5) is 0 Å². The minimum Gasteiger partial charge on any atom is -0.282 e. The van der Waals surface area contributed by atoms with E-state index in [0.29, 0.717) is 0 Å². The van der Waals surface area contributed by atoms with Crippen LogP contribution in [0.1, 0.15) is 23.9 Å². The van der Waals surface area contributed by atoms with Crippen LogP contribution in [0, 0.1) is 13.8 Å².